The van der Waals surface area contributed by atoms with E-state index in [9.17, 15) is 13.2 Å². The van der Waals surface area contributed by atoms with Crippen molar-refractivity contribution < 1.29 is 13.2 Å². The largest absolute Gasteiger partial charge is 0.383 e. The Morgan fingerprint density at radius 1 is 1.14 bits per heavy atom. The summed E-state index contributed by atoms with van der Waals surface area (Å²) in [6.45, 7) is 2.88. The maximum Gasteiger partial charge on any atom is 0.270 e. The Morgan fingerprint density at radius 2 is 1.77 bits per heavy atom. The number of hydrogen-bond acceptors (Lipinski definition) is 1. The van der Waals surface area contributed by atoms with Gasteiger partial charge in [0, 0.05) is 18.1 Å². The molecule has 5 heteroatoms. The Hall–Kier alpha value is -2.30. The molecule has 0 fully saturated rings. The van der Waals surface area contributed by atoms with E-state index in [4.69, 9.17) is 5.73 Å². The van der Waals surface area contributed by atoms with Gasteiger partial charge >= 0.3 is 0 Å². The Bertz CT molecular complexity index is 686. The molecule has 2 nitrogen and oxygen atoms in total. The topological polar surface area (TPSA) is 38.4 Å². The fourth-order valence-electron chi connectivity index (χ4n) is 2.08. The Kier molecular flexibility index (Phi) is 4.54. The fourth-order valence-corrected chi connectivity index (χ4v) is 2.08. The van der Waals surface area contributed by atoms with Crippen LogP contribution < -0.4 is 5.73 Å². The number of alkyl halides is 2. The maximum absolute atomic E-state index is 13.1. The molecular weight excluding hydrogens is 289 g/mol. The third-order valence-electron chi connectivity index (χ3n) is 3.36. The molecule has 0 spiro atoms. The van der Waals surface area contributed by atoms with Gasteiger partial charge in [-0.3, -0.25) is 4.99 Å². The van der Waals surface area contributed by atoms with Gasteiger partial charge in [-0.05, 0) is 36.2 Å². The summed E-state index contributed by atoms with van der Waals surface area (Å²) in [5, 5.41) is 0. The number of nitrogens with zero attached hydrogens (tertiary/aromatic N) is 1. The fraction of sp³-hybridized carbons (Fsp3) is 0.235. The number of amidine groups is 1. The number of hydrogen-bond donors (Lipinski definition) is 1. The smallest absolute Gasteiger partial charge is 0.270 e. The molecular formula is C17H17F3N2. The number of aliphatic imine (C=N–C) groups is 1. The van der Waals surface area contributed by atoms with E-state index in [-0.39, 0.29) is 17.9 Å². The number of halogens is 3. The minimum Gasteiger partial charge on any atom is -0.383 e. The summed E-state index contributed by atoms with van der Waals surface area (Å²) < 4.78 is 39.3. The molecule has 22 heavy (non-hydrogen) atoms. The van der Waals surface area contributed by atoms with Gasteiger partial charge in [-0.1, -0.05) is 24.3 Å². The highest BCUT2D eigenvalue weighted by Crippen LogP contribution is 2.26. The van der Waals surface area contributed by atoms with Crippen LogP contribution in [0.25, 0.3) is 0 Å². The number of nitrogens with two attached hydrogens (primary N) is 1. The molecule has 0 aliphatic heterocycles. The average molecular weight is 306 g/mol. The summed E-state index contributed by atoms with van der Waals surface area (Å²) in [7, 11) is 0. The first-order valence-corrected chi connectivity index (χ1v) is 6.81. The second-order valence-corrected chi connectivity index (χ2v) is 5.25. The van der Waals surface area contributed by atoms with Gasteiger partial charge in [-0.2, -0.15) is 0 Å². The standard InChI is InChI=1S/C17H17F3N2/c1-11-9-14(18)7-8-15(11)16(21)22-10-12-3-5-13(6-4-12)17(2,19)20/h3-9H,10H2,1-2H3,(H2,21,22). The molecule has 0 unspecified atom stereocenters. The molecule has 0 aliphatic rings. The van der Waals surface area contributed by atoms with Crippen LogP contribution in [0.4, 0.5) is 13.2 Å². The molecule has 0 amide bonds. The summed E-state index contributed by atoms with van der Waals surface area (Å²) in [6, 6.07) is 10.2. The van der Waals surface area contributed by atoms with Crippen LogP contribution in [-0.4, -0.2) is 5.84 Å². The molecule has 2 rings (SSSR count). The molecule has 2 aromatic carbocycles. The van der Waals surface area contributed by atoms with Gasteiger partial charge < -0.3 is 5.73 Å². The third-order valence-corrected chi connectivity index (χ3v) is 3.36. The van der Waals surface area contributed by atoms with Crippen LogP contribution in [0.5, 0.6) is 0 Å². The van der Waals surface area contributed by atoms with Gasteiger partial charge in [0.05, 0.1) is 6.54 Å². The molecule has 0 bridgehead atoms. The normalized spacial score (nSPS) is 12.5. The van der Waals surface area contributed by atoms with Gasteiger partial charge in [0.15, 0.2) is 0 Å². The van der Waals surface area contributed by atoms with Crippen molar-refractivity contribution in [2.75, 3.05) is 0 Å². The van der Waals surface area contributed by atoms with Crippen molar-refractivity contribution in [1.29, 1.82) is 0 Å². The molecule has 2 N–H and O–H groups in total. The third kappa shape index (κ3) is 3.87. The van der Waals surface area contributed by atoms with Gasteiger partial charge in [0.2, 0.25) is 0 Å². The second kappa shape index (κ2) is 6.22. The van der Waals surface area contributed by atoms with Crippen LogP contribution in [0.15, 0.2) is 47.5 Å². The van der Waals surface area contributed by atoms with Crippen LogP contribution in [0, 0.1) is 12.7 Å². The molecule has 0 saturated carbocycles. The summed E-state index contributed by atoms with van der Waals surface area (Å²) in [5.41, 5.74) is 8.00. The first-order chi connectivity index (χ1) is 10.3. The highest BCUT2D eigenvalue weighted by atomic mass is 19.3. The number of benzene rings is 2. The van der Waals surface area contributed by atoms with Gasteiger partial charge in [0.25, 0.3) is 5.92 Å². The highest BCUT2D eigenvalue weighted by molar-refractivity contribution is 5.98. The minimum absolute atomic E-state index is 0.0393. The van der Waals surface area contributed by atoms with E-state index in [1.54, 1.807) is 25.1 Å². The van der Waals surface area contributed by atoms with Crippen molar-refractivity contribution in [3.8, 4) is 0 Å². The molecule has 2 aromatic rings. The SMILES string of the molecule is Cc1cc(F)ccc1C(N)=NCc1ccc(C(C)(F)F)cc1. The van der Waals surface area contributed by atoms with Crippen molar-refractivity contribution in [2.24, 2.45) is 10.7 Å². The van der Waals surface area contributed by atoms with Gasteiger partial charge in [-0.15, -0.1) is 0 Å². The molecule has 0 saturated heterocycles. The van der Waals surface area contributed by atoms with E-state index >= 15 is 0 Å². The summed E-state index contributed by atoms with van der Waals surface area (Å²) in [6.07, 6.45) is 0. The van der Waals surface area contributed by atoms with Gasteiger partial charge in [0.1, 0.15) is 11.7 Å². The average Bonchev–Trinajstić information content (AvgIpc) is 2.44. The lowest BCUT2D eigenvalue weighted by molar-refractivity contribution is 0.0174. The van der Waals surface area contributed by atoms with Crippen molar-refractivity contribution in [2.45, 2.75) is 26.3 Å². The lowest BCUT2D eigenvalue weighted by Gasteiger charge is -2.10. The van der Waals surface area contributed by atoms with E-state index in [0.29, 0.717) is 17.0 Å². The lowest BCUT2D eigenvalue weighted by atomic mass is 10.1. The van der Waals surface area contributed by atoms with Gasteiger partial charge in [-0.25, -0.2) is 13.2 Å². The maximum atomic E-state index is 13.1. The first-order valence-electron chi connectivity index (χ1n) is 6.81. The summed E-state index contributed by atoms with van der Waals surface area (Å²) in [5.74, 6) is -2.89. The van der Waals surface area contributed by atoms with Crippen LogP contribution in [0.3, 0.4) is 0 Å². The van der Waals surface area contributed by atoms with Crippen molar-refractivity contribution in [1.82, 2.24) is 0 Å². The predicted octanol–water partition coefficient (Wildman–Crippen LogP) is 4.15. The Labute approximate surface area is 127 Å². The summed E-state index contributed by atoms with van der Waals surface area (Å²) >= 11 is 0. The van der Waals surface area contributed by atoms with E-state index < -0.39 is 5.92 Å². The molecule has 116 valence electrons. The highest BCUT2D eigenvalue weighted by Gasteiger charge is 2.23. The molecule has 0 radical (unpaired) electrons. The first kappa shape index (κ1) is 16.1. The van der Waals surface area contributed by atoms with E-state index in [1.165, 1.54) is 24.3 Å². The van der Waals surface area contributed by atoms with Crippen LogP contribution in [-0.2, 0) is 12.5 Å². The number of rotatable bonds is 4. The Morgan fingerprint density at radius 3 is 2.32 bits per heavy atom. The lowest BCUT2D eigenvalue weighted by Crippen LogP contribution is -2.15. The zero-order chi connectivity index (χ0) is 16.3. The van der Waals surface area contributed by atoms with E-state index in [2.05, 4.69) is 4.99 Å². The molecule has 0 aliphatic carbocycles. The van der Waals surface area contributed by atoms with Crippen LogP contribution in [0.2, 0.25) is 0 Å². The van der Waals surface area contributed by atoms with Crippen LogP contribution in [0.1, 0.15) is 29.2 Å². The van der Waals surface area contributed by atoms with Crippen molar-refractivity contribution >= 4 is 5.84 Å². The molecule has 0 heterocycles. The van der Waals surface area contributed by atoms with Crippen molar-refractivity contribution in [3.63, 3.8) is 0 Å². The molecule has 0 aromatic heterocycles. The Balaban J connectivity index is 2.14. The predicted molar refractivity (Wildman–Crippen MR) is 81.6 cm³/mol. The summed E-state index contributed by atoms with van der Waals surface area (Å²) in [4.78, 5) is 4.23. The van der Waals surface area contributed by atoms with E-state index in [1.807, 2.05) is 0 Å². The monoisotopic (exact) mass is 306 g/mol. The minimum atomic E-state index is -2.86. The molecule has 0 atom stereocenters. The quantitative estimate of drug-likeness (QED) is 0.669. The second-order valence-electron chi connectivity index (χ2n) is 5.25. The van der Waals surface area contributed by atoms with Crippen molar-refractivity contribution in [3.05, 3.63) is 70.5 Å². The zero-order valence-corrected chi connectivity index (χ0v) is 12.4. The van der Waals surface area contributed by atoms with E-state index in [0.717, 1.165) is 12.5 Å². The number of aryl methyl sites for hydroxylation is 1. The van der Waals surface area contributed by atoms with Crippen LogP contribution >= 0.6 is 0 Å². The zero-order valence-electron chi connectivity index (χ0n) is 12.4.